The van der Waals surface area contributed by atoms with Crippen molar-refractivity contribution >= 4 is 16.9 Å². The first kappa shape index (κ1) is 18.8. The maximum Gasteiger partial charge on any atom is 0.193 e. The monoisotopic (exact) mass is 406 g/mol. The Morgan fingerprint density at radius 2 is 1.94 bits per heavy atom. The molecule has 2 aromatic carbocycles. The lowest BCUT2D eigenvalue weighted by atomic mass is 9.68. The van der Waals surface area contributed by atoms with Gasteiger partial charge in [0.15, 0.2) is 5.78 Å². The number of carbonyl (C=O) groups excluding carboxylic acids is 1. The number of nitriles is 1. The molecule has 3 aliphatic carbocycles. The largest absolute Gasteiger partial charge is 0.296 e. The lowest BCUT2D eigenvalue weighted by Gasteiger charge is -2.35. The van der Waals surface area contributed by atoms with Gasteiger partial charge in [0.2, 0.25) is 0 Å². The van der Waals surface area contributed by atoms with Gasteiger partial charge in [-0.15, -0.1) is 0 Å². The SMILES string of the molecule is CC1(C)C2=C(C(=O)c3cc(C4=CCN(C5CC5)CC4)ccc31)c1ccc(C#N)cc1C2. The molecule has 0 radical (unpaired) electrons. The molecule has 1 saturated carbocycles. The summed E-state index contributed by atoms with van der Waals surface area (Å²) in [6.45, 7) is 6.62. The Bertz CT molecular complexity index is 1250. The van der Waals surface area contributed by atoms with Crippen LogP contribution in [-0.2, 0) is 11.8 Å². The van der Waals surface area contributed by atoms with E-state index in [1.165, 1.54) is 29.6 Å². The highest BCUT2D eigenvalue weighted by Gasteiger charge is 2.43. The van der Waals surface area contributed by atoms with E-state index in [0.717, 1.165) is 59.8 Å². The van der Waals surface area contributed by atoms with Crippen LogP contribution in [0.5, 0.6) is 0 Å². The highest BCUT2D eigenvalue weighted by atomic mass is 16.1. The molecule has 4 aliphatic rings. The van der Waals surface area contributed by atoms with E-state index in [0.29, 0.717) is 5.56 Å². The van der Waals surface area contributed by atoms with Gasteiger partial charge in [0.1, 0.15) is 0 Å². The number of benzene rings is 2. The van der Waals surface area contributed by atoms with Gasteiger partial charge in [0.05, 0.1) is 11.6 Å². The standard InChI is InChI=1S/C28H26N2O/c1-28(2)24-8-4-19(18-9-11-30(12-10-18)21-5-6-21)14-23(24)27(31)26-22-7-3-17(16-29)13-20(22)15-25(26)28/h3-4,7-9,13-14,21H,5-6,10-12,15H2,1-2H3. The number of hydrogen-bond donors (Lipinski definition) is 0. The minimum atomic E-state index is -0.202. The molecule has 0 bridgehead atoms. The summed E-state index contributed by atoms with van der Waals surface area (Å²) in [5.74, 6) is 0.144. The fraction of sp³-hybridized carbons (Fsp3) is 0.357. The van der Waals surface area contributed by atoms with Crippen molar-refractivity contribution in [2.75, 3.05) is 13.1 Å². The number of hydrogen-bond acceptors (Lipinski definition) is 3. The van der Waals surface area contributed by atoms with Crippen LogP contribution < -0.4 is 0 Å². The van der Waals surface area contributed by atoms with E-state index in [1.807, 2.05) is 18.2 Å². The average Bonchev–Trinajstić information content (AvgIpc) is 3.57. The first-order valence-corrected chi connectivity index (χ1v) is 11.4. The zero-order valence-electron chi connectivity index (χ0n) is 18.2. The van der Waals surface area contributed by atoms with E-state index in [9.17, 15) is 10.1 Å². The number of nitrogens with zero attached hydrogens (tertiary/aromatic N) is 2. The summed E-state index contributed by atoms with van der Waals surface area (Å²) in [6.07, 6.45) is 6.87. The van der Waals surface area contributed by atoms with Crippen molar-refractivity contribution in [1.82, 2.24) is 4.90 Å². The highest BCUT2D eigenvalue weighted by Crippen LogP contribution is 2.50. The van der Waals surface area contributed by atoms with E-state index in [2.05, 4.69) is 49.1 Å². The van der Waals surface area contributed by atoms with Gasteiger partial charge in [0.25, 0.3) is 0 Å². The van der Waals surface area contributed by atoms with Crippen LogP contribution in [0.1, 0.15) is 71.3 Å². The molecule has 2 aromatic rings. The fourth-order valence-corrected chi connectivity index (χ4v) is 5.78. The van der Waals surface area contributed by atoms with Crippen molar-refractivity contribution < 1.29 is 4.79 Å². The Hall–Kier alpha value is -2.96. The van der Waals surface area contributed by atoms with Crippen molar-refractivity contribution in [3.8, 4) is 6.07 Å². The zero-order valence-corrected chi connectivity index (χ0v) is 18.2. The summed E-state index contributed by atoms with van der Waals surface area (Å²) in [5.41, 5.74) is 9.18. The molecule has 3 heteroatoms. The third-order valence-electron chi connectivity index (χ3n) is 7.77. The van der Waals surface area contributed by atoms with Gasteiger partial charge < -0.3 is 0 Å². The Morgan fingerprint density at radius 3 is 2.65 bits per heavy atom. The Labute approximate surface area is 183 Å². The third kappa shape index (κ3) is 2.78. The first-order valence-electron chi connectivity index (χ1n) is 11.4. The molecular formula is C28H26N2O. The molecule has 1 fully saturated rings. The van der Waals surface area contributed by atoms with Gasteiger partial charge in [-0.3, -0.25) is 9.69 Å². The van der Waals surface area contributed by atoms with Crippen LogP contribution in [0.3, 0.4) is 0 Å². The van der Waals surface area contributed by atoms with E-state index in [1.54, 1.807) is 0 Å². The summed E-state index contributed by atoms with van der Waals surface area (Å²) in [7, 11) is 0. The molecule has 6 rings (SSSR count). The molecule has 0 aromatic heterocycles. The van der Waals surface area contributed by atoms with E-state index >= 15 is 0 Å². The summed E-state index contributed by atoms with van der Waals surface area (Å²) in [6, 6.07) is 15.3. The van der Waals surface area contributed by atoms with E-state index < -0.39 is 0 Å². The molecule has 0 unspecified atom stereocenters. The minimum Gasteiger partial charge on any atom is -0.296 e. The summed E-state index contributed by atoms with van der Waals surface area (Å²) in [5, 5.41) is 9.29. The van der Waals surface area contributed by atoms with Gasteiger partial charge in [-0.1, -0.05) is 38.1 Å². The van der Waals surface area contributed by atoms with Gasteiger partial charge >= 0.3 is 0 Å². The summed E-state index contributed by atoms with van der Waals surface area (Å²) < 4.78 is 0. The molecular weight excluding hydrogens is 380 g/mol. The van der Waals surface area contributed by atoms with Crippen LogP contribution in [0.25, 0.3) is 11.1 Å². The zero-order chi connectivity index (χ0) is 21.3. The lowest BCUT2D eigenvalue weighted by molar-refractivity contribution is 0.105. The van der Waals surface area contributed by atoms with E-state index in [-0.39, 0.29) is 11.2 Å². The number of ketones is 1. The van der Waals surface area contributed by atoms with Crippen LogP contribution in [0.4, 0.5) is 0 Å². The Kier molecular flexibility index (Phi) is 3.95. The number of carbonyl (C=O) groups is 1. The van der Waals surface area contributed by atoms with Crippen molar-refractivity contribution in [3.63, 3.8) is 0 Å². The molecule has 31 heavy (non-hydrogen) atoms. The number of Topliss-reactive ketones (excluding diaryl/α,β-unsaturated/α-hetero) is 1. The molecule has 0 atom stereocenters. The first-order chi connectivity index (χ1) is 15.0. The second-order valence-electron chi connectivity index (χ2n) is 9.93. The molecule has 1 aliphatic heterocycles. The second kappa shape index (κ2) is 6.52. The van der Waals surface area contributed by atoms with Crippen molar-refractivity contribution in [2.45, 2.75) is 51.0 Å². The maximum atomic E-state index is 13.7. The van der Waals surface area contributed by atoms with Crippen LogP contribution >= 0.6 is 0 Å². The minimum absolute atomic E-state index is 0.144. The normalized spacial score (nSPS) is 21.8. The predicted molar refractivity (Wildman–Crippen MR) is 123 cm³/mol. The van der Waals surface area contributed by atoms with Crippen LogP contribution in [0.2, 0.25) is 0 Å². The van der Waals surface area contributed by atoms with Gasteiger partial charge in [-0.25, -0.2) is 0 Å². The van der Waals surface area contributed by atoms with Crippen LogP contribution in [0, 0.1) is 11.3 Å². The molecule has 0 N–H and O–H groups in total. The van der Waals surface area contributed by atoms with Gasteiger partial charge in [-0.05, 0) is 77.3 Å². The Balaban J connectivity index is 1.40. The van der Waals surface area contributed by atoms with Crippen LogP contribution in [0.15, 0.2) is 48.0 Å². The topological polar surface area (TPSA) is 44.1 Å². The lowest BCUT2D eigenvalue weighted by Crippen LogP contribution is -2.31. The van der Waals surface area contributed by atoms with Gasteiger partial charge in [-0.2, -0.15) is 5.26 Å². The van der Waals surface area contributed by atoms with Crippen molar-refractivity contribution in [2.24, 2.45) is 0 Å². The highest BCUT2D eigenvalue weighted by molar-refractivity contribution is 6.33. The molecule has 1 heterocycles. The summed E-state index contributed by atoms with van der Waals surface area (Å²) >= 11 is 0. The molecule has 154 valence electrons. The fourth-order valence-electron chi connectivity index (χ4n) is 5.78. The van der Waals surface area contributed by atoms with Gasteiger partial charge in [0, 0.05) is 35.7 Å². The van der Waals surface area contributed by atoms with Crippen molar-refractivity contribution in [3.05, 3.63) is 81.4 Å². The molecule has 0 spiro atoms. The quantitative estimate of drug-likeness (QED) is 0.680. The van der Waals surface area contributed by atoms with E-state index in [4.69, 9.17) is 0 Å². The average molecular weight is 407 g/mol. The van der Waals surface area contributed by atoms with Crippen LogP contribution in [-0.4, -0.2) is 29.8 Å². The molecule has 0 amide bonds. The smallest absolute Gasteiger partial charge is 0.193 e. The van der Waals surface area contributed by atoms with Crippen molar-refractivity contribution in [1.29, 1.82) is 5.26 Å². The third-order valence-corrected chi connectivity index (χ3v) is 7.77. The summed E-state index contributed by atoms with van der Waals surface area (Å²) in [4.78, 5) is 16.3. The Morgan fingerprint density at radius 1 is 1.10 bits per heavy atom. The molecule has 0 saturated heterocycles. The second-order valence-corrected chi connectivity index (χ2v) is 9.93. The molecule has 3 nitrogen and oxygen atoms in total. The number of allylic oxidation sites excluding steroid dienone is 2. The number of rotatable bonds is 2. The predicted octanol–water partition coefficient (Wildman–Crippen LogP) is 5.29. The maximum absolute atomic E-state index is 13.7. The number of fused-ring (bicyclic) bond motifs is 3.